The van der Waals surface area contributed by atoms with E-state index < -0.39 is 8.32 Å². The number of esters is 1. The number of rotatable bonds is 7. The maximum absolute atomic E-state index is 11.1. The lowest BCUT2D eigenvalue weighted by molar-refractivity contribution is -0.138. The second-order valence-electron chi connectivity index (χ2n) is 3.76. The van der Waals surface area contributed by atoms with E-state index in [1.165, 1.54) is 0 Å². The molecule has 0 amide bonds. The van der Waals surface area contributed by atoms with Gasteiger partial charge < -0.3 is 9.16 Å². The van der Waals surface area contributed by atoms with Gasteiger partial charge in [0.15, 0.2) is 8.32 Å². The first-order chi connectivity index (χ1) is 7.01. The third kappa shape index (κ3) is 4.62. The number of ether oxygens (including phenoxy) is 1. The second-order valence-corrected chi connectivity index (χ2v) is 8.45. The molecular formula is C11H22O3Si. The molecular weight excluding hydrogens is 208 g/mol. The molecule has 0 heterocycles. The smallest absolute Gasteiger partial charge is 0.333 e. The number of hydrogen-bond acceptors (Lipinski definition) is 3. The van der Waals surface area contributed by atoms with Crippen molar-refractivity contribution in [2.75, 3.05) is 13.7 Å². The molecule has 0 aromatic carbocycles. The maximum atomic E-state index is 11.1. The predicted molar refractivity (Wildman–Crippen MR) is 64.3 cm³/mol. The van der Waals surface area contributed by atoms with Gasteiger partial charge in [0, 0.05) is 18.7 Å². The Kier molecular flexibility index (Phi) is 6.52. The van der Waals surface area contributed by atoms with E-state index >= 15 is 0 Å². The van der Waals surface area contributed by atoms with E-state index in [9.17, 15) is 4.79 Å². The zero-order valence-electron chi connectivity index (χ0n) is 10.3. The molecule has 0 aliphatic rings. The van der Waals surface area contributed by atoms with Crippen LogP contribution in [-0.2, 0) is 14.0 Å². The van der Waals surface area contributed by atoms with Crippen molar-refractivity contribution in [3.05, 3.63) is 12.2 Å². The van der Waals surface area contributed by atoms with Crippen LogP contribution in [-0.4, -0.2) is 28.0 Å². The SMILES string of the molecule is C=C(C)C(=O)OCC[Si](CC)(CC)OC. The summed E-state index contributed by atoms with van der Waals surface area (Å²) in [6.45, 7) is 9.92. The average Bonchev–Trinajstić information content (AvgIpc) is 2.24. The minimum Gasteiger partial charge on any atom is -0.463 e. The normalized spacial score (nSPS) is 11.2. The molecule has 0 aliphatic carbocycles. The summed E-state index contributed by atoms with van der Waals surface area (Å²) in [6.07, 6.45) is 0. The zero-order chi connectivity index (χ0) is 11.9. The van der Waals surface area contributed by atoms with Gasteiger partial charge in [-0.1, -0.05) is 20.4 Å². The highest BCUT2D eigenvalue weighted by atomic mass is 28.4. The molecule has 3 nitrogen and oxygen atoms in total. The van der Waals surface area contributed by atoms with E-state index in [-0.39, 0.29) is 5.97 Å². The molecule has 88 valence electrons. The fourth-order valence-corrected chi connectivity index (χ4v) is 3.91. The molecule has 4 heteroatoms. The van der Waals surface area contributed by atoms with Crippen LogP contribution in [0, 0.1) is 0 Å². The highest BCUT2D eigenvalue weighted by Gasteiger charge is 2.29. The van der Waals surface area contributed by atoms with Gasteiger partial charge in [0.25, 0.3) is 0 Å². The van der Waals surface area contributed by atoms with E-state index in [4.69, 9.17) is 9.16 Å². The Labute approximate surface area is 93.6 Å². The van der Waals surface area contributed by atoms with Crippen LogP contribution in [0.4, 0.5) is 0 Å². The summed E-state index contributed by atoms with van der Waals surface area (Å²) < 4.78 is 10.7. The third-order valence-corrected chi connectivity index (χ3v) is 7.42. The fraction of sp³-hybridized carbons (Fsp3) is 0.727. The Balaban J connectivity index is 4.02. The van der Waals surface area contributed by atoms with Gasteiger partial charge in [0.2, 0.25) is 0 Å². The third-order valence-electron chi connectivity index (χ3n) is 2.86. The molecule has 15 heavy (non-hydrogen) atoms. The lowest BCUT2D eigenvalue weighted by Crippen LogP contribution is -2.36. The fourth-order valence-electron chi connectivity index (χ4n) is 1.45. The zero-order valence-corrected chi connectivity index (χ0v) is 11.3. The van der Waals surface area contributed by atoms with E-state index in [2.05, 4.69) is 20.4 Å². The van der Waals surface area contributed by atoms with Gasteiger partial charge in [-0.2, -0.15) is 0 Å². The van der Waals surface area contributed by atoms with Crippen molar-refractivity contribution < 1.29 is 14.0 Å². The summed E-state index contributed by atoms with van der Waals surface area (Å²) in [4.78, 5) is 11.1. The lowest BCUT2D eigenvalue weighted by atomic mass is 10.4. The van der Waals surface area contributed by atoms with Crippen molar-refractivity contribution in [2.45, 2.75) is 38.9 Å². The molecule has 0 unspecified atom stereocenters. The minimum absolute atomic E-state index is 0.304. The summed E-state index contributed by atoms with van der Waals surface area (Å²) in [5.74, 6) is -0.304. The van der Waals surface area contributed by atoms with Crippen LogP contribution in [0.5, 0.6) is 0 Å². The van der Waals surface area contributed by atoms with Crippen LogP contribution in [0.15, 0.2) is 12.2 Å². The van der Waals surface area contributed by atoms with Crippen LogP contribution >= 0.6 is 0 Å². The molecule has 0 spiro atoms. The Morgan fingerprint density at radius 3 is 2.20 bits per heavy atom. The average molecular weight is 230 g/mol. The van der Waals surface area contributed by atoms with E-state index in [0.29, 0.717) is 12.2 Å². The molecule has 0 saturated heterocycles. The van der Waals surface area contributed by atoms with Crippen molar-refractivity contribution in [3.63, 3.8) is 0 Å². The van der Waals surface area contributed by atoms with Gasteiger partial charge in [-0.15, -0.1) is 0 Å². The van der Waals surface area contributed by atoms with Crippen molar-refractivity contribution in [1.82, 2.24) is 0 Å². The highest BCUT2D eigenvalue weighted by Crippen LogP contribution is 2.21. The standard InChI is InChI=1S/C11H22O3Si/c1-6-15(7-2,13-5)9-8-14-11(12)10(3)4/h3,6-9H2,1-2,4-5H3. The summed E-state index contributed by atoms with van der Waals surface area (Å²) in [7, 11) is 0.138. The summed E-state index contributed by atoms with van der Waals surface area (Å²) >= 11 is 0. The van der Waals surface area contributed by atoms with Crippen LogP contribution in [0.3, 0.4) is 0 Å². The minimum atomic E-state index is -1.63. The van der Waals surface area contributed by atoms with Gasteiger partial charge in [0.1, 0.15) is 0 Å². The van der Waals surface area contributed by atoms with Crippen molar-refractivity contribution in [2.24, 2.45) is 0 Å². The summed E-state index contributed by atoms with van der Waals surface area (Å²) in [5, 5.41) is 0. The molecule has 0 N–H and O–H groups in total. The summed E-state index contributed by atoms with van der Waals surface area (Å²) in [5.41, 5.74) is 0.452. The van der Waals surface area contributed by atoms with Gasteiger partial charge in [0.05, 0.1) is 6.61 Å². The second kappa shape index (κ2) is 6.79. The lowest BCUT2D eigenvalue weighted by Gasteiger charge is -2.26. The Bertz CT molecular complexity index is 214. The number of carbonyl (C=O) groups excluding carboxylic acids is 1. The van der Waals surface area contributed by atoms with E-state index in [0.717, 1.165) is 18.1 Å². The summed E-state index contributed by atoms with van der Waals surface area (Å²) in [6, 6.07) is 2.99. The van der Waals surface area contributed by atoms with Crippen molar-refractivity contribution >= 4 is 14.3 Å². The quantitative estimate of drug-likeness (QED) is 0.383. The Morgan fingerprint density at radius 1 is 1.33 bits per heavy atom. The Hall–Kier alpha value is -0.613. The van der Waals surface area contributed by atoms with Crippen molar-refractivity contribution in [3.8, 4) is 0 Å². The molecule has 0 atom stereocenters. The molecule has 0 bridgehead atoms. The predicted octanol–water partition coefficient (Wildman–Crippen LogP) is 2.74. The molecule has 0 rings (SSSR count). The van der Waals surface area contributed by atoms with Crippen LogP contribution in [0.25, 0.3) is 0 Å². The molecule has 0 saturated carbocycles. The molecule has 0 aromatic heterocycles. The van der Waals surface area contributed by atoms with Gasteiger partial charge in [-0.25, -0.2) is 4.79 Å². The largest absolute Gasteiger partial charge is 0.463 e. The molecule has 0 aliphatic heterocycles. The highest BCUT2D eigenvalue weighted by molar-refractivity contribution is 6.73. The van der Waals surface area contributed by atoms with E-state index in [1.54, 1.807) is 14.0 Å². The van der Waals surface area contributed by atoms with Crippen LogP contribution < -0.4 is 0 Å². The topological polar surface area (TPSA) is 35.5 Å². The number of carbonyl (C=O) groups is 1. The van der Waals surface area contributed by atoms with Gasteiger partial charge in [-0.3, -0.25) is 0 Å². The van der Waals surface area contributed by atoms with Crippen molar-refractivity contribution in [1.29, 1.82) is 0 Å². The first-order valence-corrected chi connectivity index (χ1v) is 7.92. The molecule has 0 fully saturated rings. The van der Waals surface area contributed by atoms with Gasteiger partial charge >= 0.3 is 5.97 Å². The van der Waals surface area contributed by atoms with E-state index in [1.807, 2.05) is 0 Å². The van der Waals surface area contributed by atoms with Crippen LogP contribution in [0.2, 0.25) is 18.1 Å². The Morgan fingerprint density at radius 2 is 1.87 bits per heavy atom. The van der Waals surface area contributed by atoms with Gasteiger partial charge in [-0.05, 0) is 19.0 Å². The monoisotopic (exact) mass is 230 g/mol. The molecule has 0 radical (unpaired) electrons. The van der Waals surface area contributed by atoms with Crippen LogP contribution in [0.1, 0.15) is 20.8 Å². The first kappa shape index (κ1) is 14.4. The first-order valence-electron chi connectivity index (χ1n) is 5.39. The molecule has 0 aromatic rings. The number of hydrogen-bond donors (Lipinski definition) is 0. The maximum Gasteiger partial charge on any atom is 0.333 e.